The summed E-state index contributed by atoms with van der Waals surface area (Å²) in [5.74, 6) is 3.59. The highest BCUT2D eigenvalue weighted by Crippen LogP contribution is 2.32. The molecule has 0 N–H and O–H groups in total. The van der Waals surface area contributed by atoms with Crippen molar-refractivity contribution >= 4 is 0 Å². The average Bonchev–Trinajstić information content (AvgIpc) is 2.04. The largest absolute Gasteiger partial charge is 0.0625 e. The van der Waals surface area contributed by atoms with Crippen molar-refractivity contribution < 1.29 is 0 Å². The second kappa shape index (κ2) is 3.41. The van der Waals surface area contributed by atoms with Crippen molar-refractivity contribution in [3.8, 4) is 0 Å². The van der Waals surface area contributed by atoms with Crippen molar-refractivity contribution in [2.75, 3.05) is 0 Å². The molecule has 0 aromatic carbocycles. The molecule has 0 aromatic heterocycles. The average molecular weight is 139 g/mol. The summed E-state index contributed by atoms with van der Waals surface area (Å²) in [5, 5.41) is 0. The Morgan fingerprint density at radius 1 is 1.10 bits per heavy atom. The van der Waals surface area contributed by atoms with Gasteiger partial charge < -0.3 is 0 Å². The Hall–Kier alpha value is 0. The molecule has 1 rings (SSSR count). The van der Waals surface area contributed by atoms with Gasteiger partial charge in [-0.15, -0.1) is 0 Å². The third-order valence-corrected chi connectivity index (χ3v) is 2.97. The van der Waals surface area contributed by atoms with E-state index in [0.29, 0.717) is 0 Å². The zero-order valence-corrected chi connectivity index (χ0v) is 7.48. The fourth-order valence-corrected chi connectivity index (χ4v) is 1.65. The van der Waals surface area contributed by atoms with Crippen LogP contribution in [-0.2, 0) is 0 Å². The standard InChI is InChI=1S/C10H19/c1-8-4-6-9(2)10(3)7-5-8/h8-9H,4-7H2,1-3H3. The van der Waals surface area contributed by atoms with Crippen molar-refractivity contribution in [1.29, 1.82) is 0 Å². The topological polar surface area (TPSA) is 0 Å². The van der Waals surface area contributed by atoms with Crippen LogP contribution in [0.1, 0.15) is 46.5 Å². The van der Waals surface area contributed by atoms with Crippen LogP contribution in [0.2, 0.25) is 0 Å². The van der Waals surface area contributed by atoms with Gasteiger partial charge in [0.15, 0.2) is 0 Å². The van der Waals surface area contributed by atoms with Crippen molar-refractivity contribution in [2.24, 2.45) is 11.8 Å². The summed E-state index contributed by atoms with van der Waals surface area (Å²) in [5.41, 5.74) is 0. The smallest absolute Gasteiger partial charge is 0.0244 e. The number of hydrogen-bond donors (Lipinski definition) is 0. The first-order chi connectivity index (χ1) is 4.70. The maximum absolute atomic E-state index is 2.38. The summed E-state index contributed by atoms with van der Waals surface area (Å²) in [4.78, 5) is 0. The van der Waals surface area contributed by atoms with Gasteiger partial charge in [-0.25, -0.2) is 0 Å². The molecular weight excluding hydrogens is 120 g/mol. The van der Waals surface area contributed by atoms with Crippen molar-refractivity contribution in [3.05, 3.63) is 5.92 Å². The lowest BCUT2D eigenvalue weighted by Gasteiger charge is -2.13. The second-order valence-corrected chi connectivity index (χ2v) is 3.97. The van der Waals surface area contributed by atoms with Crippen LogP contribution in [0.3, 0.4) is 0 Å². The zero-order valence-electron chi connectivity index (χ0n) is 7.48. The van der Waals surface area contributed by atoms with E-state index in [9.17, 15) is 0 Å². The van der Waals surface area contributed by atoms with Gasteiger partial charge >= 0.3 is 0 Å². The first-order valence-corrected chi connectivity index (χ1v) is 4.52. The molecule has 1 aliphatic carbocycles. The van der Waals surface area contributed by atoms with E-state index in [1.807, 2.05) is 0 Å². The molecule has 0 saturated heterocycles. The van der Waals surface area contributed by atoms with E-state index in [1.54, 1.807) is 5.92 Å². The summed E-state index contributed by atoms with van der Waals surface area (Å²) in [6.45, 7) is 7.07. The Labute approximate surface area is 65.0 Å². The Morgan fingerprint density at radius 3 is 2.50 bits per heavy atom. The molecule has 0 aromatic rings. The van der Waals surface area contributed by atoms with Crippen molar-refractivity contribution in [1.82, 2.24) is 0 Å². The van der Waals surface area contributed by atoms with Crippen molar-refractivity contribution in [3.63, 3.8) is 0 Å². The molecule has 1 radical (unpaired) electrons. The molecule has 0 spiro atoms. The van der Waals surface area contributed by atoms with Crippen molar-refractivity contribution in [2.45, 2.75) is 46.5 Å². The number of hydrogen-bond acceptors (Lipinski definition) is 0. The Bertz CT molecular complexity index is 84.2. The minimum Gasteiger partial charge on any atom is -0.0625 e. The van der Waals surface area contributed by atoms with Crippen LogP contribution < -0.4 is 0 Å². The molecule has 10 heavy (non-hydrogen) atoms. The Balaban J connectivity index is 2.38. The molecule has 59 valence electrons. The fraction of sp³-hybridized carbons (Fsp3) is 0.900. The number of rotatable bonds is 0. The van der Waals surface area contributed by atoms with Crippen LogP contribution in [-0.4, -0.2) is 0 Å². The molecule has 2 unspecified atom stereocenters. The van der Waals surface area contributed by atoms with E-state index in [2.05, 4.69) is 20.8 Å². The summed E-state index contributed by atoms with van der Waals surface area (Å²) in [7, 11) is 0. The Morgan fingerprint density at radius 2 is 1.80 bits per heavy atom. The van der Waals surface area contributed by atoms with Crippen LogP contribution >= 0.6 is 0 Å². The molecule has 1 aliphatic rings. The van der Waals surface area contributed by atoms with Gasteiger partial charge in [0.05, 0.1) is 0 Å². The minimum absolute atomic E-state index is 0.893. The third-order valence-electron chi connectivity index (χ3n) is 2.97. The van der Waals surface area contributed by atoms with Gasteiger partial charge in [-0.1, -0.05) is 33.6 Å². The van der Waals surface area contributed by atoms with Gasteiger partial charge in [0.1, 0.15) is 0 Å². The van der Waals surface area contributed by atoms with E-state index < -0.39 is 0 Å². The molecule has 0 bridgehead atoms. The lowest BCUT2D eigenvalue weighted by Crippen LogP contribution is -2.01. The van der Waals surface area contributed by atoms with E-state index in [-0.39, 0.29) is 0 Å². The van der Waals surface area contributed by atoms with Crippen LogP contribution in [0.5, 0.6) is 0 Å². The molecule has 2 atom stereocenters. The van der Waals surface area contributed by atoms with Gasteiger partial charge in [-0.3, -0.25) is 0 Å². The monoisotopic (exact) mass is 139 g/mol. The summed E-state index contributed by atoms with van der Waals surface area (Å²) >= 11 is 0. The molecule has 1 saturated carbocycles. The highest BCUT2D eigenvalue weighted by Gasteiger charge is 2.18. The minimum atomic E-state index is 0.893. The predicted octanol–water partition coefficient (Wildman–Crippen LogP) is 3.43. The SMILES string of the molecule is C[C]1CCC(C)CCC1C. The third kappa shape index (κ3) is 2.00. The first kappa shape index (κ1) is 8.10. The molecule has 0 aliphatic heterocycles. The van der Waals surface area contributed by atoms with Gasteiger partial charge in [0.2, 0.25) is 0 Å². The van der Waals surface area contributed by atoms with Crippen LogP contribution in [0.15, 0.2) is 0 Å². The van der Waals surface area contributed by atoms with E-state index >= 15 is 0 Å². The van der Waals surface area contributed by atoms with Crippen LogP contribution in [0.4, 0.5) is 0 Å². The van der Waals surface area contributed by atoms with Gasteiger partial charge in [0.25, 0.3) is 0 Å². The van der Waals surface area contributed by atoms with Gasteiger partial charge in [-0.2, -0.15) is 0 Å². The highest BCUT2D eigenvalue weighted by molar-refractivity contribution is 4.92. The first-order valence-electron chi connectivity index (χ1n) is 4.52. The highest BCUT2D eigenvalue weighted by atomic mass is 14.2. The summed E-state index contributed by atoms with van der Waals surface area (Å²) in [6, 6.07) is 0. The normalized spacial score (nSPS) is 37.5. The van der Waals surface area contributed by atoms with Crippen LogP contribution in [0.25, 0.3) is 0 Å². The molecule has 0 nitrogen and oxygen atoms in total. The maximum Gasteiger partial charge on any atom is -0.0244 e. The van der Waals surface area contributed by atoms with Crippen LogP contribution in [0, 0.1) is 17.8 Å². The Kier molecular flexibility index (Phi) is 2.76. The lowest BCUT2D eigenvalue weighted by molar-refractivity contribution is 0.482. The second-order valence-electron chi connectivity index (χ2n) is 3.97. The van der Waals surface area contributed by atoms with E-state index in [4.69, 9.17) is 0 Å². The summed E-state index contributed by atoms with van der Waals surface area (Å²) in [6.07, 6.45) is 5.67. The predicted molar refractivity (Wildman–Crippen MR) is 45.7 cm³/mol. The molecule has 1 fully saturated rings. The lowest BCUT2D eigenvalue weighted by atomic mass is 9.92. The molecule has 0 heterocycles. The quantitative estimate of drug-likeness (QED) is 0.451. The molecule has 0 heteroatoms. The van der Waals surface area contributed by atoms with Gasteiger partial charge in [-0.05, 0) is 30.6 Å². The van der Waals surface area contributed by atoms with E-state index in [0.717, 1.165) is 11.8 Å². The summed E-state index contributed by atoms with van der Waals surface area (Å²) < 4.78 is 0. The fourth-order valence-electron chi connectivity index (χ4n) is 1.65. The van der Waals surface area contributed by atoms with Gasteiger partial charge in [0, 0.05) is 0 Å². The molecule has 0 amide bonds. The van der Waals surface area contributed by atoms with E-state index in [1.165, 1.54) is 25.7 Å². The maximum atomic E-state index is 2.38. The zero-order chi connectivity index (χ0) is 7.56. The molecular formula is C10H19.